The highest BCUT2D eigenvalue weighted by Gasteiger charge is 2.40. The van der Waals surface area contributed by atoms with E-state index in [4.69, 9.17) is 4.74 Å². The maximum absolute atomic E-state index is 14.5. The van der Waals surface area contributed by atoms with Crippen LogP contribution < -0.4 is 0 Å². The molecule has 0 fully saturated rings. The van der Waals surface area contributed by atoms with Crippen LogP contribution in [-0.2, 0) is 24.1 Å². The summed E-state index contributed by atoms with van der Waals surface area (Å²) in [6, 6.07) is 25.9. The molecule has 0 saturated heterocycles. The first-order valence-corrected chi connectivity index (χ1v) is 15.0. The number of rotatable bonds is 12. The number of ether oxygens (including phenoxy) is 1. The zero-order valence-electron chi connectivity index (χ0n) is 25.5. The van der Waals surface area contributed by atoms with Crippen molar-refractivity contribution in [3.05, 3.63) is 113 Å². The number of allylic oxidation sites excluding steroid dienone is 1. The van der Waals surface area contributed by atoms with Gasteiger partial charge < -0.3 is 9.30 Å². The monoisotopic (exact) mass is 562 g/mol. The van der Waals surface area contributed by atoms with E-state index in [9.17, 15) is 9.59 Å². The maximum atomic E-state index is 14.5. The normalized spacial score (nSPS) is 17.8. The van der Waals surface area contributed by atoms with E-state index in [2.05, 4.69) is 52.8 Å². The lowest BCUT2D eigenvalue weighted by Gasteiger charge is -2.38. The highest BCUT2D eigenvalue weighted by Crippen LogP contribution is 2.41. The molecule has 5 heteroatoms. The Morgan fingerprint density at radius 2 is 1.64 bits per heavy atom. The fourth-order valence-corrected chi connectivity index (χ4v) is 6.51. The van der Waals surface area contributed by atoms with E-state index in [0.29, 0.717) is 50.1 Å². The summed E-state index contributed by atoms with van der Waals surface area (Å²) in [5.74, 6) is 0.221. The lowest BCUT2D eigenvalue weighted by Crippen LogP contribution is -2.52. The number of fused-ring (bicyclic) bond motifs is 3. The Bertz CT molecular complexity index is 1600. The Labute approximate surface area is 249 Å². The maximum Gasteiger partial charge on any atom is 0.183 e. The van der Waals surface area contributed by atoms with Crippen molar-refractivity contribution in [1.29, 1.82) is 0 Å². The molecule has 1 aliphatic carbocycles. The molecule has 218 valence electrons. The summed E-state index contributed by atoms with van der Waals surface area (Å²) in [5.41, 5.74) is 4.45. The van der Waals surface area contributed by atoms with Crippen LogP contribution in [-0.4, -0.2) is 53.9 Å². The van der Waals surface area contributed by atoms with Gasteiger partial charge in [-0.3, -0.25) is 14.5 Å². The minimum Gasteiger partial charge on any atom is -0.380 e. The summed E-state index contributed by atoms with van der Waals surface area (Å²) in [6.07, 6.45) is 6.04. The van der Waals surface area contributed by atoms with Crippen LogP contribution in [0.4, 0.5) is 0 Å². The molecule has 5 nitrogen and oxygen atoms in total. The molecule has 0 N–H and O–H groups in total. The second kappa shape index (κ2) is 12.2. The van der Waals surface area contributed by atoms with Gasteiger partial charge in [-0.15, -0.1) is 0 Å². The SMILES string of the molecule is CCOCCn1c2c(c3cc(C(=O)C(CC)(Cc4ccccc4)N(C)C)ccc31)CC(C)(C(=O)c1ccccc1)C=C2. The van der Waals surface area contributed by atoms with Crippen LogP contribution >= 0.6 is 0 Å². The van der Waals surface area contributed by atoms with Gasteiger partial charge in [-0.2, -0.15) is 0 Å². The molecule has 3 aromatic carbocycles. The summed E-state index contributed by atoms with van der Waals surface area (Å²) in [7, 11) is 4.00. The van der Waals surface area contributed by atoms with Gasteiger partial charge in [0, 0.05) is 40.9 Å². The first-order chi connectivity index (χ1) is 20.2. The highest BCUT2D eigenvalue weighted by atomic mass is 16.5. The average Bonchev–Trinajstić information content (AvgIpc) is 3.31. The Kier molecular flexibility index (Phi) is 8.63. The molecule has 0 spiro atoms. The van der Waals surface area contributed by atoms with Crippen LogP contribution in [0.15, 0.2) is 84.9 Å². The number of carbonyl (C=O) groups excluding carboxylic acids is 2. The van der Waals surface area contributed by atoms with Gasteiger partial charge in [0.15, 0.2) is 11.6 Å². The number of Topliss-reactive ketones (excluding diaryl/α,β-unsaturated/α-hetero) is 2. The van der Waals surface area contributed by atoms with Crippen molar-refractivity contribution < 1.29 is 14.3 Å². The van der Waals surface area contributed by atoms with E-state index in [0.717, 1.165) is 27.7 Å². The Hall–Kier alpha value is -3.80. The molecule has 0 radical (unpaired) electrons. The van der Waals surface area contributed by atoms with E-state index >= 15 is 0 Å². The van der Waals surface area contributed by atoms with Crippen molar-refractivity contribution in [2.75, 3.05) is 27.3 Å². The predicted octanol–water partition coefficient (Wildman–Crippen LogP) is 7.27. The summed E-state index contributed by atoms with van der Waals surface area (Å²) >= 11 is 0. The lowest BCUT2D eigenvalue weighted by atomic mass is 9.73. The third-order valence-corrected chi connectivity index (χ3v) is 9.05. The second-order valence-corrected chi connectivity index (χ2v) is 11.8. The van der Waals surface area contributed by atoms with Gasteiger partial charge in [0.25, 0.3) is 0 Å². The van der Waals surface area contributed by atoms with Gasteiger partial charge in [0.05, 0.1) is 17.6 Å². The molecular weight excluding hydrogens is 520 g/mol. The molecule has 2 atom stereocenters. The van der Waals surface area contributed by atoms with Gasteiger partial charge in [-0.05, 0) is 82.6 Å². The Morgan fingerprint density at radius 1 is 0.952 bits per heavy atom. The molecule has 4 aromatic rings. The molecule has 1 aliphatic rings. The number of hydrogen-bond donors (Lipinski definition) is 0. The van der Waals surface area contributed by atoms with Crippen LogP contribution in [0, 0.1) is 5.41 Å². The Balaban J connectivity index is 1.60. The second-order valence-electron chi connectivity index (χ2n) is 11.8. The smallest absolute Gasteiger partial charge is 0.183 e. The molecular formula is C37H42N2O3. The van der Waals surface area contributed by atoms with Crippen LogP contribution in [0.1, 0.15) is 64.7 Å². The average molecular weight is 563 g/mol. The number of benzene rings is 3. The minimum absolute atomic E-state index is 0.105. The molecule has 1 aromatic heterocycles. The van der Waals surface area contributed by atoms with E-state index in [1.54, 1.807) is 0 Å². The van der Waals surface area contributed by atoms with Gasteiger partial charge in [0.1, 0.15) is 0 Å². The van der Waals surface area contributed by atoms with Gasteiger partial charge in [-0.25, -0.2) is 0 Å². The molecule has 5 rings (SSSR count). The third-order valence-electron chi connectivity index (χ3n) is 9.05. The first kappa shape index (κ1) is 29.7. The van der Waals surface area contributed by atoms with Crippen LogP contribution in [0.25, 0.3) is 17.0 Å². The number of hydrogen-bond acceptors (Lipinski definition) is 4. The summed E-state index contributed by atoms with van der Waals surface area (Å²) in [4.78, 5) is 30.3. The summed E-state index contributed by atoms with van der Waals surface area (Å²) in [5, 5.41) is 1.03. The molecule has 0 aliphatic heterocycles. The highest BCUT2D eigenvalue weighted by molar-refractivity contribution is 6.07. The van der Waals surface area contributed by atoms with Crippen molar-refractivity contribution in [3.8, 4) is 0 Å². The Morgan fingerprint density at radius 3 is 2.29 bits per heavy atom. The molecule has 2 unspecified atom stereocenters. The van der Waals surface area contributed by atoms with Crippen molar-refractivity contribution >= 4 is 28.5 Å². The molecule has 0 bridgehead atoms. The van der Waals surface area contributed by atoms with E-state index < -0.39 is 11.0 Å². The van der Waals surface area contributed by atoms with Gasteiger partial charge in [0.2, 0.25) is 0 Å². The predicted molar refractivity (Wildman–Crippen MR) is 171 cm³/mol. The summed E-state index contributed by atoms with van der Waals surface area (Å²) in [6.45, 7) is 8.07. The number of ketones is 2. The molecule has 0 amide bonds. The molecule has 1 heterocycles. The minimum atomic E-state index is -0.683. The van der Waals surface area contributed by atoms with Crippen molar-refractivity contribution in [2.24, 2.45) is 5.41 Å². The molecule has 42 heavy (non-hydrogen) atoms. The van der Waals surface area contributed by atoms with Crippen molar-refractivity contribution in [2.45, 2.75) is 52.1 Å². The topological polar surface area (TPSA) is 51.5 Å². The number of likely N-dealkylation sites (N-methyl/N-ethyl adjacent to an activating group) is 1. The van der Waals surface area contributed by atoms with E-state index in [1.165, 1.54) is 0 Å². The van der Waals surface area contributed by atoms with Crippen molar-refractivity contribution in [3.63, 3.8) is 0 Å². The number of nitrogens with zero attached hydrogens (tertiary/aromatic N) is 2. The van der Waals surface area contributed by atoms with E-state index in [-0.39, 0.29) is 11.6 Å². The van der Waals surface area contributed by atoms with E-state index in [1.807, 2.05) is 82.5 Å². The van der Waals surface area contributed by atoms with Crippen molar-refractivity contribution in [1.82, 2.24) is 9.47 Å². The lowest BCUT2D eigenvalue weighted by molar-refractivity contribution is 0.0666. The number of carbonyl (C=O) groups is 2. The fraction of sp³-hybridized carbons (Fsp3) is 0.351. The number of aromatic nitrogens is 1. The molecule has 0 saturated carbocycles. The fourth-order valence-electron chi connectivity index (χ4n) is 6.51. The van der Waals surface area contributed by atoms with Crippen LogP contribution in [0.2, 0.25) is 0 Å². The zero-order chi connectivity index (χ0) is 29.9. The quantitative estimate of drug-likeness (QED) is 0.135. The van der Waals surface area contributed by atoms with Crippen LogP contribution in [0.5, 0.6) is 0 Å². The zero-order valence-corrected chi connectivity index (χ0v) is 25.5. The standard InChI is InChI=1S/C37H42N2O3/c1-6-37(38(4)5,25-27-14-10-8-11-15-27)35(41)29-18-19-32-30(24-29)31-26-36(3,34(40)28-16-12-9-13-17-28)21-20-33(31)39(32)22-23-42-7-2/h8-21,24H,6-7,22-23,25-26H2,1-5H3. The van der Waals surface area contributed by atoms with Gasteiger partial charge in [-0.1, -0.05) is 73.7 Å². The van der Waals surface area contributed by atoms with Gasteiger partial charge >= 0.3 is 0 Å². The summed E-state index contributed by atoms with van der Waals surface area (Å²) < 4.78 is 8.01. The van der Waals surface area contributed by atoms with Crippen LogP contribution in [0.3, 0.4) is 0 Å². The largest absolute Gasteiger partial charge is 0.380 e. The first-order valence-electron chi connectivity index (χ1n) is 15.0. The third kappa shape index (κ3) is 5.39.